The summed E-state index contributed by atoms with van der Waals surface area (Å²) in [6, 6.07) is 0. The molecule has 4 heteroatoms. The van der Waals surface area contributed by atoms with Crippen LogP contribution < -0.4 is 0 Å². The van der Waals surface area contributed by atoms with Gasteiger partial charge >= 0.3 is 5.97 Å². The van der Waals surface area contributed by atoms with E-state index in [-0.39, 0.29) is 12.4 Å². The standard InChI is InChI=1S/C8H12N2O2/c1-2-5-12-8(11)6-7-9-3-4-10-7/h3-4H,2,5-6H2,1H3,(H,9,10). The summed E-state index contributed by atoms with van der Waals surface area (Å²) in [5.41, 5.74) is 0. The maximum atomic E-state index is 11.0. The van der Waals surface area contributed by atoms with Crippen LogP contribution in [0.15, 0.2) is 12.4 Å². The molecule has 0 aliphatic carbocycles. The fourth-order valence-corrected chi connectivity index (χ4v) is 0.798. The van der Waals surface area contributed by atoms with Crippen molar-refractivity contribution in [2.45, 2.75) is 19.8 Å². The van der Waals surface area contributed by atoms with E-state index in [1.54, 1.807) is 12.4 Å². The first-order valence-corrected chi connectivity index (χ1v) is 3.96. The number of nitrogens with zero attached hydrogens (tertiary/aromatic N) is 1. The first-order chi connectivity index (χ1) is 5.83. The second-order valence-corrected chi connectivity index (χ2v) is 2.43. The summed E-state index contributed by atoms with van der Waals surface area (Å²) in [5, 5.41) is 0. The summed E-state index contributed by atoms with van der Waals surface area (Å²) in [6.45, 7) is 2.44. The Hall–Kier alpha value is -1.32. The summed E-state index contributed by atoms with van der Waals surface area (Å²) in [5.74, 6) is 0.419. The van der Waals surface area contributed by atoms with Crippen molar-refractivity contribution in [1.29, 1.82) is 0 Å². The molecule has 0 saturated heterocycles. The fraction of sp³-hybridized carbons (Fsp3) is 0.500. The Labute approximate surface area is 71.0 Å². The molecule has 0 bridgehead atoms. The lowest BCUT2D eigenvalue weighted by Gasteiger charge is -1.99. The molecule has 0 aromatic carbocycles. The second kappa shape index (κ2) is 4.54. The Kier molecular flexibility index (Phi) is 3.32. The molecule has 0 amide bonds. The minimum Gasteiger partial charge on any atom is -0.465 e. The molecule has 0 spiro atoms. The third kappa shape index (κ3) is 2.74. The average molecular weight is 168 g/mol. The number of esters is 1. The molecular formula is C8H12N2O2. The predicted octanol–water partition coefficient (Wildman–Crippen LogP) is 0.905. The minimum atomic E-state index is -0.230. The fourth-order valence-electron chi connectivity index (χ4n) is 0.798. The molecule has 1 aromatic heterocycles. The van der Waals surface area contributed by atoms with Gasteiger partial charge in [0.25, 0.3) is 0 Å². The normalized spacial score (nSPS) is 9.75. The van der Waals surface area contributed by atoms with Crippen molar-refractivity contribution in [2.75, 3.05) is 6.61 Å². The Balaban J connectivity index is 2.27. The van der Waals surface area contributed by atoms with Crippen molar-refractivity contribution in [3.63, 3.8) is 0 Å². The van der Waals surface area contributed by atoms with Crippen LogP contribution in [-0.2, 0) is 16.0 Å². The third-order valence-electron chi connectivity index (χ3n) is 1.33. The van der Waals surface area contributed by atoms with Crippen molar-refractivity contribution < 1.29 is 9.53 Å². The van der Waals surface area contributed by atoms with Gasteiger partial charge < -0.3 is 9.72 Å². The third-order valence-corrected chi connectivity index (χ3v) is 1.33. The zero-order valence-electron chi connectivity index (χ0n) is 7.04. The van der Waals surface area contributed by atoms with E-state index in [2.05, 4.69) is 9.97 Å². The maximum absolute atomic E-state index is 11.0. The summed E-state index contributed by atoms with van der Waals surface area (Å²) in [4.78, 5) is 17.7. The molecule has 1 heterocycles. The molecule has 4 nitrogen and oxygen atoms in total. The first-order valence-electron chi connectivity index (χ1n) is 3.96. The van der Waals surface area contributed by atoms with Gasteiger partial charge in [-0.2, -0.15) is 0 Å². The van der Waals surface area contributed by atoms with E-state index in [1.807, 2.05) is 6.92 Å². The molecule has 1 rings (SSSR count). The molecule has 1 N–H and O–H groups in total. The van der Waals surface area contributed by atoms with E-state index < -0.39 is 0 Å². The van der Waals surface area contributed by atoms with Crippen molar-refractivity contribution >= 4 is 5.97 Å². The number of aromatic amines is 1. The highest BCUT2D eigenvalue weighted by atomic mass is 16.5. The smallest absolute Gasteiger partial charge is 0.313 e. The summed E-state index contributed by atoms with van der Waals surface area (Å²) >= 11 is 0. The number of aromatic nitrogens is 2. The molecule has 0 unspecified atom stereocenters. The molecule has 12 heavy (non-hydrogen) atoms. The van der Waals surface area contributed by atoms with Crippen molar-refractivity contribution in [3.05, 3.63) is 18.2 Å². The van der Waals surface area contributed by atoms with Crippen LogP contribution in [0.3, 0.4) is 0 Å². The number of carbonyl (C=O) groups is 1. The van der Waals surface area contributed by atoms with Crippen LogP contribution in [0, 0.1) is 0 Å². The Bertz CT molecular complexity index is 231. The number of carbonyl (C=O) groups excluding carboxylic acids is 1. The lowest BCUT2D eigenvalue weighted by Crippen LogP contribution is -2.09. The summed E-state index contributed by atoms with van der Waals surface area (Å²) in [7, 11) is 0. The summed E-state index contributed by atoms with van der Waals surface area (Å²) in [6.07, 6.45) is 4.38. The van der Waals surface area contributed by atoms with Crippen LogP contribution in [0.2, 0.25) is 0 Å². The lowest BCUT2D eigenvalue weighted by molar-refractivity contribution is -0.142. The van der Waals surface area contributed by atoms with Crippen molar-refractivity contribution in [1.82, 2.24) is 9.97 Å². The summed E-state index contributed by atoms with van der Waals surface area (Å²) < 4.78 is 4.87. The van der Waals surface area contributed by atoms with E-state index in [1.165, 1.54) is 0 Å². The molecule has 0 radical (unpaired) electrons. The van der Waals surface area contributed by atoms with Gasteiger partial charge in [-0.25, -0.2) is 4.98 Å². The first kappa shape index (κ1) is 8.77. The number of imidazole rings is 1. The molecule has 0 atom stereocenters. The van der Waals surface area contributed by atoms with E-state index >= 15 is 0 Å². The SMILES string of the molecule is CCCOC(=O)Cc1ncc[nH]1. The quantitative estimate of drug-likeness (QED) is 0.680. The van der Waals surface area contributed by atoms with Gasteiger partial charge in [0.05, 0.1) is 6.61 Å². The lowest BCUT2D eigenvalue weighted by atomic mass is 10.4. The number of hydrogen-bond donors (Lipinski definition) is 1. The van der Waals surface area contributed by atoms with Gasteiger partial charge in [0.1, 0.15) is 12.2 Å². The van der Waals surface area contributed by atoms with Gasteiger partial charge in [0.2, 0.25) is 0 Å². The zero-order chi connectivity index (χ0) is 8.81. The van der Waals surface area contributed by atoms with E-state index in [0.717, 1.165) is 6.42 Å². The monoisotopic (exact) mass is 168 g/mol. The number of nitrogens with one attached hydrogen (secondary N) is 1. The molecule has 0 aliphatic rings. The molecule has 0 aliphatic heterocycles. The predicted molar refractivity (Wildman–Crippen MR) is 43.5 cm³/mol. The van der Waals surface area contributed by atoms with Gasteiger partial charge in [-0.05, 0) is 6.42 Å². The van der Waals surface area contributed by atoms with Gasteiger partial charge in [-0.15, -0.1) is 0 Å². The van der Waals surface area contributed by atoms with Gasteiger partial charge in [-0.3, -0.25) is 4.79 Å². The topological polar surface area (TPSA) is 55.0 Å². The number of H-pyrrole nitrogens is 1. The number of hydrogen-bond acceptors (Lipinski definition) is 3. The molecular weight excluding hydrogens is 156 g/mol. The Morgan fingerprint density at radius 2 is 2.58 bits per heavy atom. The van der Waals surface area contributed by atoms with Crippen LogP contribution in [0.5, 0.6) is 0 Å². The number of rotatable bonds is 4. The number of ether oxygens (including phenoxy) is 1. The highest BCUT2D eigenvalue weighted by molar-refractivity contribution is 5.71. The van der Waals surface area contributed by atoms with Gasteiger partial charge in [0, 0.05) is 12.4 Å². The minimum absolute atomic E-state index is 0.229. The van der Waals surface area contributed by atoms with Crippen LogP contribution >= 0.6 is 0 Å². The van der Waals surface area contributed by atoms with Crippen LogP contribution in [-0.4, -0.2) is 22.5 Å². The van der Waals surface area contributed by atoms with Crippen molar-refractivity contribution in [3.8, 4) is 0 Å². The van der Waals surface area contributed by atoms with E-state index in [0.29, 0.717) is 12.4 Å². The Morgan fingerprint density at radius 3 is 3.17 bits per heavy atom. The maximum Gasteiger partial charge on any atom is 0.313 e. The van der Waals surface area contributed by atoms with Gasteiger partial charge in [0.15, 0.2) is 0 Å². The Morgan fingerprint density at radius 1 is 1.75 bits per heavy atom. The van der Waals surface area contributed by atoms with Crippen LogP contribution in [0.4, 0.5) is 0 Å². The molecule has 0 fully saturated rings. The average Bonchev–Trinajstić information content (AvgIpc) is 2.53. The molecule has 1 aromatic rings. The highest BCUT2D eigenvalue weighted by Crippen LogP contribution is 1.93. The van der Waals surface area contributed by atoms with Gasteiger partial charge in [-0.1, -0.05) is 6.92 Å². The van der Waals surface area contributed by atoms with E-state index in [9.17, 15) is 4.79 Å². The van der Waals surface area contributed by atoms with Crippen molar-refractivity contribution in [2.24, 2.45) is 0 Å². The largest absolute Gasteiger partial charge is 0.465 e. The van der Waals surface area contributed by atoms with Crippen LogP contribution in [0.1, 0.15) is 19.2 Å². The van der Waals surface area contributed by atoms with E-state index in [4.69, 9.17) is 4.74 Å². The van der Waals surface area contributed by atoms with Crippen LogP contribution in [0.25, 0.3) is 0 Å². The highest BCUT2D eigenvalue weighted by Gasteiger charge is 2.04. The molecule has 66 valence electrons. The second-order valence-electron chi connectivity index (χ2n) is 2.43. The zero-order valence-corrected chi connectivity index (χ0v) is 7.04. The molecule has 0 saturated carbocycles.